The van der Waals surface area contributed by atoms with Crippen molar-refractivity contribution in [1.29, 1.82) is 0 Å². The van der Waals surface area contributed by atoms with Gasteiger partial charge < -0.3 is 9.05 Å². The van der Waals surface area contributed by atoms with Crippen LogP contribution in [0.2, 0.25) is 0 Å². The molecule has 3 nitrogen and oxygen atoms in total. The Kier molecular flexibility index (Phi) is 3.87. The normalized spacial score (nSPS) is 11.2. The fraction of sp³-hybridized carbons (Fsp3) is 0.667. The Morgan fingerprint density at radius 3 is 1.80 bits per heavy atom. The summed E-state index contributed by atoms with van der Waals surface area (Å²) < 4.78 is 20.5. The number of hydrogen-bond donors (Lipinski definition) is 0. The van der Waals surface area contributed by atoms with Crippen molar-refractivity contribution < 1.29 is 13.6 Å². The van der Waals surface area contributed by atoms with Crippen LogP contribution in [0.5, 0.6) is 0 Å². The van der Waals surface area contributed by atoms with Crippen molar-refractivity contribution in [3.63, 3.8) is 0 Å². The van der Waals surface area contributed by atoms with Crippen LogP contribution in [-0.2, 0) is 13.6 Å². The van der Waals surface area contributed by atoms with Crippen molar-refractivity contribution in [2.24, 2.45) is 0 Å². The van der Waals surface area contributed by atoms with E-state index in [0.29, 0.717) is 0 Å². The van der Waals surface area contributed by atoms with Crippen molar-refractivity contribution in [2.45, 2.75) is 13.8 Å². The second kappa shape index (κ2) is 3.91. The molecule has 4 heteroatoms. The van der Waals surface area contributed by atoms with Gasteiger partial charge in [-0.25, -0.2) is 0 Å². The molecular weight excluding hydrogens is 151 g/mol. The van der Waals surface area contributed by atoms with E-state index in [-0.39, 0.29) is 0 Å². The maximum Gasteiger partial charge on any atom is 0.353 e. The average Bonchev–Trinajstić information content (AvgIpc) is 1.87. The highest BCUT2D eigenvalue weighted by atomic mass is 31.2. The van der Waals surface area contributed by atoms with Crippen LogP contribution in [0.3, 0.4) is 0 Å². The minimum absolute atomic E-state index is 0.923. The SMILES string of the molecule is COP(=O)(C=C(C)C)OC. The number of rotatable bonds is 3. The van der Waals surface area contributed by atoms with E-state index in [9.17, 15) is 4.57 Å². The van der Waals surface area contributed by atoms with Gasteiger partial charge in [-0.3, -0.25) is 4.57 Å². The van der Waals surface area contributed by atoms with Gasteiger partial charge in [-0.05, 0) is 13.8 Å². The van der Waals surface area contributed by atoms with Crippen LogP contribution in [-0.4, -0.2) is 14.2 Å². The molecule has 0 aromatic heterocycles. The van der Waals surface area contributed by atoms with Gasteiger partial charge in [-0.1, -0.05) is 5.57 Å². The molecule has 0 radical (unpaired) electrons. The Bertz CT molecular complexity index is 162. The highest BCUT2D eigenvalue weighted by Gasteiger charge is 2.15. The van der Waals surface area contributed by atoms with E-state index in [1.807, 2.05) is 13.8 Å². The summed E-state index contributed by atoms with van der Waals surface area (Å²) in [4.78, 5) is 0. The molecular formula is C6H13O3P. The molecule has 10 heavy (non-hydrogen) atoms. The third kappa shape index (κ3) is 3.16. The maximum absolute atomic E-state index is 11.2. The third-order valence-corrected chi connectivity index (χ3v) is 2.78. The Morgan fingerprint density at radius 1 is 1.30 bits per heavy atom. The minimum atomic E-state index is -2.90. The monoisotopic (exact) mass is 164 g/mol. The largest absolute Gasteiger partial charge is 0.353 e. The quantitative estimate of drug-likeness (QED) is 0.601. The van der Waals surface area contributed by atoms with Gasteiger partial charge in [0, 0.05) is 20.0 Å². The molecule has 0 saturated carbocycles. The first-order chi connectivity index (χ1) is 4.54. The van der Waals surface area contributed by atoms with E-state index in [1.165, 1.54) is 20.0 Å². The first-order valence-corrected chi connectivity index (χ1v) is 4.52. The van der Waals surface area contributed by atoms with Gasteiger partial charge in [-0.15, -0.1) is 0 Å². The van der Waals surface area contributed by atoms with Gasteiger partial charge in [0.15, 0.2) is 0 Å². The Labute approximate surface area is 61.6 Å². The second-order valence-electron chi connectivity index (χ2n) is 2.11. The molecule has 0 aromatic rings. The Morgan fingerprint density at radius 2 is 1.70 bits per heavy atom. The first-order valence-electron chi connectivity index (χ1n) is 2.91. The molecule has 0 N–H and O–H groups in total. The molecule has 0 aliphatic carbocycles. The Hall–Kier alpha value is -0.110. The molecule has 0 saturated heterocycles. The highest BCUT2D eigenvalue weighted by Crippen LogP contribution is 2.48. The van der Waals surface area contributed by atoms with Gasteiger partial charge >= 0.3 is 7.60 Å². The van der Waals surface area contributed by atoms with Gasteiger partial charge in [0.25, 0.3) is 0 Å². The first kappa shape index (κ1) is 9.89. The molecule has 0 fully saturated rings. The molecule has 0 spiro atoms. The van der Waals surface area contributed by atoms with Crippen molar-refractivity contribution in [2.75, 3.05) is 14.2 Å². The molecule has 0 bridgehead atoms. The van der Waals surface area contributed by atoms with Crippen LogP contribution in [0.15, 0.2) is 11.4 Å². The molecule has 0 atom stereocenters. The van der Waals surface area contributed by atoms with E-state index in [1.54, 1.807) is 0 Å². The fourth-order valence-electron chi connectivity index (χ4n) is 0.496. The topological polar surface area (TPSA) is 35.5 Å². The van der Waals surface area contributed by atoms with Gasteiger partial charge in [-0.2, -0.15) is 0 Å². The number of allylic oxidation sites excluding steroid dienone is 1. The van der Waals surface area contributed by atoms with Crippen LogP contribution in [0, 0.1) is 0 Å². The summed E-state index contributed by atoms with van der Waals surface area (Å²) >= 11 is 0. The van der Waals surface area contributed by atoms with Crippen molar-refractivity contribution >= 4 is 7.60 Å². The van der Waals surface area contributed by atoms with Crippen molar-refractivity contribution in [1.82, 2.24) is 0 Å². The van der Waals surface area contributed by atoms with E-state index >= 15 is 0 Å². The van der Waals surface area contributed by atoms with Crippen LogP contribution in [0.4, 0.5) is 0 Å². The van der Waals surface area contributed by atoms with Crippen LogP contribution >= 0.6 is 7.60 Å². The molecule has 0 aliphatic rings. The van der Waals surface area contributed by atoms with E-state index in [2.05, 4.69) is 9.05 Å². The smallest absolute Gasteiger partial charge is 0.309 e. The third-order valence-electron chi connectivity index (χ3n) is 0.925. The second-order valence-corrected chi connectivity index (χ2v) is 4.18. The summed E-state index contributed by atoms with van der Waals surface area (Å²) in [5.41, 5.74) is 0.923. The summed E-state index contributed by atoms with van der Waals surface area (Å²) in [7, 11) is -0.170. The molecule has 0 aliphatic heterocycles. The van der Waals surface area contributed by atoms with Crippen LogP contribution in [0.25, 0.3) is 0 Å². The standard InChI is InChI=1S/C6H13O3P/c1-6(2)5-10(7,8-3)9-4/h5H,1-4H3. The molecule has 0 heterocycles. The van der Waals surface area contributed by atoms with Gasteiger partial charge in [0.1, 0.15) is 0 Å². The predicted octanol–water partition coefficient (Wildman–Crippen LogP) is 2.40. The minimum Gasteiger partial charge on any atom is -0.309 e. The lowest BCUT2D eigenvalue weighted by Crippen LogP contribution is -1.83. The number of hydrogen-bond acceptors (Lipinski definition) is 3. The van der Waals surface area contributed by atoms with Gasteiger partial charge in [0.05, 0.1) is 0 Å². The van der Waals surface area contributed by atoms with E-state index in [0.717, 1.165) is 5.57 Å². The lowest BCUT2D eigenvalue weighted by atomic mass is 10.4. The highest BCUT2D eigenvalue weighted by molar-refractivity contribution is 7.57. The summed E-state index contributed by atoms with van der Waals surface area (Å²) in [5.74, 6) is 1.49. The zero-order valence-corrected chi connectivity index (χ0v) is 7.64. The zero-order chi connectivity index (χ0) is 8.20. The van der Waals surface area contributed by atoms with Crippen LogP contribution < -0.4 is 0 Å². The average molecular weight is 164 g/mol. The molecule has 0 rings (SSSR count). The maximum atomic E-state index is 11.2. The predicted molar refractivity (Wildman–Crippen MR) is 41.1 cm³/mol. The molecule has 0 unspecified atom stereocenters. The zero-order valence-electron chi connectivity index (χ0n) is 6.75. The molecule has 60 valence electrons. The summed E-state index contributed by atoms with van der Waals surface area (Å²) in [6.07, 6.45) is 0. The van der Waals surface area contributed by atoms with Crippen molar-refractivity contribution in [3.05, 3.63) is 11.4 Å². The Balaban J connectivity index is 4.37. The summed E-state index contributed by atoms with van der Waals surface area (Å²) in [5, 5.41) is 0. The molecule has 0 amide bonds. The lowest BCUT2D eigenvalue weighted by Gasteiger charge is -2.08. The molecule has 0 aromatic carbocycles. The van der Waals surface area contributed by atoms with Crippen molar-refractivity contribution in [3.8, 4) is 0 Å². The van der Waals surface area contributed by atoms with E-state index in [4.69, 9.17) is 0 Å². The summed E-state index contributed by atoms with van der Waals surface area (Å²) in [6.45, 7) is 3.68. The summed E-state index contributed by atoms with van der Waals surface area (Å²) in [6, 6.07) is 0. The fourth-order valence-corrected chi connectivity index (χ4v) is 1.49. The lowest BCUT2D eigenvalue weighted by molar-refractivity contribution is 0.286. The van der Waals surface area contributed by atoms with E-state index < -0.39 is 7.60 Å². The van der Waals surface area contributed by atoms with Gasteiger partial charge in [0.2, 0.25) is 0 Å². The van der Waals surface area contributed by atoms with Crippen LogP contribution in [0.1, 0.15) is 13.8 Å².